The van der Waals surface area contributed by atoms with Gasteiger partial charge in [-0.3, -0.25) is 4.79 Å². The van der Waals surface area contributed by atoms with Crippen molar-refractivity contribution in [2.75, 3.05) is 37.2 Å². The smallest absolute Gasteiger partial charge is 0.240 e. The fourth-order valence-electron chi connectivity index (χ4n) is 3.61. The maximum atomic E-state index is 12.8. The van der Waals surface area contributed by atoms with Gasteiger partial charge in [-0.1, -0.05) is 20.8 Å². The summed E-state index contributed by atoms with van der Waals surface area (Å²) in [5, 5.41) is 2.86. The van der Waals surface area contributed by atoms with E-state index in [1.165, 1.54) is 6.42 Å². The van der Waals surface area contributed by atoms with Crippen LogP contribution in [-0.2, 0) is 14.8 Å². The minimum Gasteiger partial charge on any atom is -0.325 e. The van der Waals surface area contributed by atoms with Crippen molar-refractivity contribution in [3.8, 4) is 0 Å². The number of anilines is 1. The van der Waals surface area contributed by atoms with Gasteiger partial charge in [-0.25, -0.2) is 13.1 Å². The molecule has 0 aliphatic carbocycles. The molecule has 0 spiro atoms. The molecular weight excluding hydrogens is 406 g/mol. The van der Waals surface area contributed by atoms with Crippen LogP contribution >= 0.6 is 11.8 Å². The van der Waals surface area contributed by atoms with Crippen LogP contribution in [0.15, 0.2) is 28.0 Å². The van der Waals surface area contributed by atoms with Crippen LogP contribution in [-0.4, -0.2) is 51.2 Å². The predicted molar refractivity (Wildman–Crippen MR) is 119 cm³/mol. The molecule has 0 aromatic heterocycles. The molecule has 1 unspecified atom stereocenters. The highest BCUT2D eigenvalue weighted by Gasteiger charge is 2.25. The van der Waals surface area contributed by atoms with Gasteiger partial charge in [-0.2, -0.15) is 0 Å². The molecule has 1 amide bonds. The van der Waals surface area contributed by atoms with Gasteiger partial charge in [-0.15, -0.1) is 11.8 Å². The van der Waals surface area contributed by atoms with Gasteiger partial charge in [0.05, 0.1) is 10.6 Å². The first-order chi connectivity index (χ1) is 13.7. The standard InChI is InChI=1S/C21H33N3O3S2/c1-15(2)6-9-24-10-7-17(8-11-24)13-22-29(26,27)18-4-5-20-19(12-18)23-21(25)16(3)14-28-20/h4-5,12,15-17,22H,6-11,13-14H2,1-3H3,(H,23,25). The molecule has 0 bridgehead atoms. The Balaban J connectivity index is 1.56. The highest BCUT2D eigenvalue weighted by atomic mass is 32.2. The van der Waals surface area contributed by atoms with Crippen LogP contribution in [0.2, 0.25) is 0 Å². The van der Waals surface area contributed by atoms with E-state index in [1.54, 1.807) is 30.0 Å². The average Bonchev–Trinajstić information content (AvgIpc) is 2.83. The number of rotatable bonds is 7. The Morgan fingerprint density at radius 3 is 2.69 bits per heavy atom. The van der Waals surface area contributed by atoms with Gasteiger partial charge in [-0.05, 0) is 68.9 Å². The Labute approximate surface area is 179 Å². The van der Waals surface area contributed by atoms with Crippen LogP contribution in [0.4, 0.5) is 5.69 Å². The Hall–Kier alpha value is -1.09. The Kier molecular flexibility index (Phi) is 7.64. The molecule has 162 valence electrons. The van der Waals surface area contributed by atoms with Crippen LogP contribution in [0.1, 0.15) is 40.0 Å². The van der Waals surface area contributed by atoms with Gasteiger partial charge in [0.15, 0.2) is 0 Å². The molecule has 1 saturated heterocycles. The number of carbonyl (C=O) groups excluding carboxylic acids is 1. The number of amides is 1. The van der Waals surface area contributed by atoms with Gasteiger partial charge in [0.25, 0.3) is 0 Å². The fourth-order valence-corrected chi connectivity index (χ4v) is 5.76. The third-order valence-corrected chi connectivity index (χ3v) is 8.50. The zero-order valence-corrected chi connectivity index (χ0v) is 19.2. The normalized spacial score (nSPS) is 21.7. The lowest BCUT2D eigenvalue weighted by Crippen LogP contribution is -2.39. The first-order valence-corrected chi connectivity index (χ1v) is 13.0. The lowest BCUT2D eigenvalue weighted by molar-refractivity contribution is -0.118. The number of nitrogens with one attached hydrogen (secondary N) is 2. The van der Waals surface area contributed by atoms with Gasteiger partial charge >= 0.3 is 0 Å². The van der Waals surface area contributed by atoms with Gasteiger partial charge in [0.1, 0.15) is 0 Å². The van der Waals surface area contributed by atoms with Crippen LogP contribution in [0.3, 0.4) is 0 Å². The molecule has 0 saturated carbocycles. The van der Waals surface area contributed by atoms with E-state index >= 15 is 0 Å². The summed E-state index contributed by atoms with van der Waals surface area (Å²) in [6.45, 7) is 10.0. The third-order valence-electron chi connectivity index (χ3n) is 5.75. The quantitative estimate of drug-likeness (QED) is 0.681. The Morgan fingerprint density at radius 2 is 2.00 bits per heavy atom. The van der Waals surface area contributed by atoms with E-state index in [9.17, 15) is 13.2 Å². The summed E-state index contributed by atoms with van der Waals surface area (Å²) in [7, 11) is -3.60. The SMILES string of the molecule is CC(C)CCN1CCC(CNS(=O)(=O)c2ccc3c(c2)NC(=O)C(C)CS3)CC1. The summed E-state index contributed by atoms with van der Waals surface area (Å²) in [5.74, 6) is 1.61. The molecule has 2 N–H and O–H groups in total. The van der Waals surface area contributed by atoms with E-state index in [2.05, 4.69) is 28.8 Å². The number of thioether (sulfide) groups is 1. The van der Waals surface area contributed by atoms with Crippen molar-refractivity contribution in [3.63, 3.8) is 0 Å². The van der Waals surface area contributed by atoms with Crippen molar-refractivity contribution >= 4 is 33.4 Å². The Morgan fingerprint density at radius 1 is 1.28 bits per heavy atom. The monoisotopic (exact) mass is 439 g/mol. The highest BCUT2D eigenvalue weighted by Crippen LogP contribution is 2.34. The van der Waals surface area contributed by atoms with Crippen molar-refractivity contribution in [1.29, 1.82) is 0 Å². The molecule has 3 rings (SSSR count). The summed E-state index contributed by atoms with van der Waals surface area (Å²) < 4.78 is 28.4. The minimum atomic E-state index is -3.60. The molecule has 2 aliphatic rings. The van der Waals surface area contributed by atoms with Crippen LogP contribution in [0.25, 0.3) is 0 Å². The molecule has 8 heteroatoms. The molecule has 6 nitrogen and oxygen atoms in total. The molecule has 1 atom stereocenters. The van der Waals surface area contributed by atoms with E-state index in [0.29, 0.717) is 29.8 Å². The second-order valence-corrected chi connectivity index (χ2v) is 11.5. The van der Waals surface area contributed by atoms with E-state index in [4.69, 9.17) is 0 Å². The number of sulfonamides is 1. The van der Waals surface area contributed by atoms with Crippen molar-refractivity contribution in [3.05, 3.63) is 18.2 Å². The Bertz CT molecular complexity index is 818. The van der Waals surface area contributed by atoms with Gasteiger partial charge in [0.2, 0.25) is 15.9 Å². The lowest BCUT2D eigenvalue weighted by atomic mass is 9.96. The maximum Gasteiger partial charge on any atom is 0.240 e. The first-order valence-electron chi connectivity index (χ1n) is 10.5. The van der Waals surface area contributed by atoms with Gasteiger partial charge < -0.3 is 10.2 Å². The number of hydrogen-bond acceptors (Lipinski definition) is 5. The maximum absolute atomic E-state index is 12.8. The summed E-state index contributed by atoms with van der Waals surface area (Å²) in [4.78, 5) is 15.7. The number of hydrogen-bond donors (Lipinski definition) is 2. The topological polar surface area (TPSA) is 78.5 Å². The number of fused-ring (bicyclic) bond motifs is 1. The first kappa shape index (κ1) is 22.6. The summed E-state index contributed by atoms with van der Waals surface area (Å²) in [5.41, 5.74) is 0.589. The van der Waals surface area contributed by atoms with Gasteiger partial charge in [0, 0.05) is 23.1 Å². The second-order valence-electron chi connectivity index (χ2n) is 8.68. The molecule has 0 radical (unpaired) electrons. The lowest BCUT2D eigenvalue weighted by Gasteiger charge is -2.32. The van der Waals surface area contributed by atoms with E-state index in [1.807, 2.05) is 6.92 Å². The molecule has 2 aliphatic heterocycles. The van der Waals surface area contributed by atoms with Crippen molar-refractivity contribution in [2.45, 2.75) is 49.8 Å². The summed E-state index contributed by atoms with van der Waals surface area (Å²) >= 11 is 1.58. The molecule has 1 fully saturated rings. The van der Waals surface area contributed by atoms with E-state index < -0.39 is 10.0 Å². The molecule has 1 aromatic rings. The zero-order valence-electron chi connectivity index (χ0n) is 17.6. The van der Waals surface area contributed by atoms with Crippen molar-refractivity contribution in [1.82, 2.24) is 9.62 Å². The molecule has 29 heavy (non-hydrogen) atoms. The number of nitrogens with zero attached hydrogens (tertiary/aromatic N) is 1. The number of likely N-dealkylation sites (tertiary alicyclic amines) is 1. The molecular formula is C21H33N3O3S2. The van der Waals surface area contributed by atoms with E-state index in [0.717, 1.165) is 37.4 Å². The molecule has 2 heterocycles. The largest absolute Gasteiger partial charge is 0.325 e. The number of carbonyl (C=O) groups is 1. The minimum absolute atomic E-state index is 0.0667. The van der Waals surface area contributed by atoms with E-state index in [-0.39, 0.29) is 16.7 Å². The predicted octanol–water partition coefficient (Wildman–Crippen LogP) is 3.40. The van der Waals surface area contributed by atoms with Crippen LogP contribution < -0.4 is 10.0 Å². The van der Waals surface area contributed by atoms with Crippen molar-refractivity contribution in [2.24, 2.45) is 17.8 Å². The molecule has 1 aromatic carbocycles. The average molecular weight is 440 g/mol. The highest BCUT2D eigenvalue weighted by molar-refractivity contribution is 7.99. The zero-order chi connectivity index (χ0) is 21.0. The summed E-state index contributed by atoms with van der Waals surface area (Å²) in [6, 6.07) is 5.00. The number of benzene rings is 1. The van der Waals surface area contributed by atoms with Crippen LogP contribution in [0, 0.1) is 17.8 Å². The third kappa shape index (κ3) is 6.20. The van der Waals surface area contributed by atoms with Crippen molar-refractivity contribution < 1.29 is 13.2 Å². The summed E-state index contributed by atoms with van der Waals surface area (Å²) in [6.07, 6.45) is 3.26. The number of piperidine rings is 1. The fraction of sp³-hybridized carbons (Fsp3) is 0.667. The van der Waals surface area contributed by atoms with Crippen LogP contribution in [0.5, 0.6) is 0 Å². The second kappa shape index (κ2) is 9.81.